The van der Waals surface area contributed by atoms with Crippen LogP contribution >= 0.6 is 0 Å². The van der Waals surface area contributed by atoms with Gasteiger partial charge in [-0.05, 0) is 6.08 Å². The van der Waals surface area contributed by atoms with E-state index in [1.54, 1.807) is 0 Å². The van der Waals surface area contributed by atoms with Crippen LogP contribution in [0.4, 0.5) is 0 Å². The number of hydrogen-bond acceptors (Lipinski definition) is 3. The number of ether oxygens (including phenoxy) is 1. The summed E-state index contributed by atoms with van der Waals surface area (Å²) in [6, 6.07) is 0. The highest BCUT2D eigenvalue weighted by Crippen LogP contribution is 1.76. The topological polar surface area (TPSA) is 43.4 Å². The van der Waals surface area contributed by atoms with Gasteiger partial charge in [0.15, 0.2) is 0 Å². The molecule has 0 aromatic heterocycles. The molecule has 0 amide bonds. The van der Waals surface area contributed by atoms with Gasteiger partial charge in [0.1, 0.15) is 5.94 Å². The zero-order chi connectivity index (χ0) is 7.11. The fraction of sp³-hybridized carbons (Fsp3) is 0.167. The van der Waals surface area contributed by atoms with E-state index >= 15 is 0 Å². The fourth-order valence-corrected chi connectivity index (χ4v) is 0.234. The number of carbonyl (C=O) groups excluding carboxylic acids is 2. The number of hydrogen-bond donors (Lipinski definition) is 0. The van der Waals surface area contributed by atoms with Crippen LogP contribution in [0, 0.1) is 0 Å². The van der Waals surface area contributed by atoms with Crippen LogP contribution in [0.3, 0.4) is 0 Å². The standard InChI is InChI=1S/C6H6O3/c1-9-6(8)4-2-3-5-7/h2-4H,1H3. The third-order valence-electron chi connectivity index (χ3n) is 0.598. The maximum absolute atomic E-state index is 10.2. The summed E-state index contributed by atoms with van der Waals surface area (Å²) in [5.74, 6) is 0.993. The first-order chi connectivity index (χ1) is 4.31. The lowest BCUT2D eigenvalue weighted by Gasteiger charge is -1.84. The highest BCUT2D eigenvalue weighted by molar-refractivity contribution is 5.82. The fourth-order valence-electron chi connectivity index (χ4n) is 0.234. The predicted molar refractivity (Wildman–Crippen MR) is 31.4 cm³/mol. The Morgan fingerprint density at radius 1 is 1.67 bits per heavy atom. The molecule has 0 aromatic carbocycles. The summed E-state index contributed by atoms with van der Waals surface area (Å²) >= 11 is 0. The second-order valence-corrected chi connectivity index (χ2v) is 1.17. The summed E-state index contributed by atoms with van der Waals surface area (Å²) in [5, 5.41) is 0. The van der Waals surface area contributed by atoms with E-state index in [-0.39, 0.29) is 0 Å². The molecule has 0 bridgehead atoms. The van der Waals surface area contributed by atoms with Crippen LogP contribution in [0.15, 0.2) is 18.2 Å². The van der Waals surface area contributed by atoms with Crippen molar-refractivity contribution in [2.75, 3.05) is 7.11 Å². The van der Waals surface area contributed by atoms with Crippen molar-refractivity contribution in [3.05, 3.63) is 18.2 Å². The summed E-state index contributed by atoms with van der Waals surface area (Å²) in [6.45, 7) is 0. The van der Waals surface area contributed by atoms with Crippen molar-refractivity contribution in [3.8, 4) is 0 Å². The zero-order valence-corrected chi connectivity index (χ0v) is 4.96. The van der Waals surface area contributed by atoms with Gasteiger partial charge in [-0.3, -0.25) is 0 Å². The molecule has 0 rings (SSSR count). The molecule has 0 saturated heterocycles. The van der Waals surface area contributed by atoms with Gasteiger partial charge in [0.25, 0.3) is 0 Å². The maximum Gasteiger partial charge on any atom is 0.330 e. The monoisotopic (exact) mass is 126 g/mol. The lowest BCUT2D eigenvalue weighted by Crippen LogP contribution is -1.92. The summed E-state index contributed by atoms with van der Waals surface area (Å²) in [6.07, 6.45) is 3.47. The molecule has 0 spiro atoms. The zero-order valence-electron chi connectivity index (χ0n) is 4.96. The van der Waals surface area contributed by atoms with Gasteiger partial charge >= 0.3 is 5.97 Å². The van der Waals surface area contributed by atoms with Crippen molar-refractivity contribution in [2.24, 2.45) is 0 Å². The van der Waals surface area contributed by atoms with E-state index in [9.17, 15) is 9.59 Å². The van der Waals surface area contributed by atoms with E-state index in [2.05, 4.69) is 4.74 Å². The smallest absolute Gasteiger partial charge is 0.330 e. The number of allylic oxidation sites excluding steroid dienone is 2. The SMILES string of the molecule is COC(=O)C=CC=C=O. The quantitative estimate of drug-likeness (QED) is 0.228. The molecule has 0 radical (unpaired) electrons. The molecule has 9 heavy (non-hydrogen) atoms. The molecule has 3 heteroatoms. The van der Waals surface area contributed by atoms with Gasteiger partial charge in [0.05, 0.1) is 7.11 Å². The van der Waals surface area contributed by atoms with Crippen LogP contribution in [-0.4, -0.2) is 19.0 Å². The number of esters is 1. The van der Waals surface area contributed by atoms with Crippen molar-refractivity contribution in [1.29, 1.82) is 0 Å². The van der Waals surface area contributed by atoms with Crippen molar-refractivity contribution in [3.63, 3.8) is 0 Å². The minimum atomic E-state index is -0.485. The van der Waals surface area contributed by atoms with E-state index in [0.29, 0.717) is 0 Å². The first-order valence-corrected chi connectivity index (χ1v) is 2.26. The Labute approximate surface area is 52.6 Å². The Hall–Kier alpha value is -1.34. The number of methoxy groups -OCH3 is 1. The molecular weight excluding hydrogens is 120 g/mol. The normalized spacial score (nSPS) is 8.56. The van der Waals surface area contributed by atoms with Crippen LogP contribution in [0.2, 0.25) is 0 Å². The molecule has 0 aliphatic heterocycles. The van der Waals surface area contributed by atoms with Gasteiger partial charge in [0.2, 0.25) is 0 Å². The van der Waals surface area contributed by atoms with Gasteiger partial charge in [-0.25, -0.2) is 9.59 Å². The predicted octanol–water partition coefficient (Wildman–Crippen LogP) is 0.103. The van der Waals surface area contributed by atoms with E-state index in [4.69, 9.17) is 0 Å². The Bertz CT molecular complexity index is 163. The molecule has 0 unspecified atom stereocenters. The molecule has 0 aromatic rings. The molecule has 0 fully saturated rings. The van der Waals surface area contributed by atoms with E-state index < -0.39 is 5.97 Å². The van der Waals surface area contributed by atoms with Crippen molar-refractivity contribution in [1.82, 2.24) is 0 Å². The maximum atomic E-state index is 10.2. The summed E-state index contributed by atoms with van der Waals surface area (Å²) in [7, 11) is 1.26. The average Bonchev–Trinajstić information content (AvgIpc) is 1.89. The van der Waals surface area contributed by atoms with Crippen LogP contribution in [0.1, 0.15) is 0 Å². The van der Waals surface area contributed by atoms with Gasteiger partial charge in [-0.2, -0.15) is 0 Å². The number of rotatable bonds is 2. The summed E-state index contributed by atoms with van der Waals surface area (Å²) < 4.78 is 4.22. The Morgan fingerprint density at radius 3 is 2.78 bits per heavy atom. The number of carbonyl (C=O) groups is 1. The molecule has 0 aliphatic rings. The van der Waals surface area contributed by atoms with Crippen molar-refractivity contribution in [2.45, 2.75) is 0 Å². The van der Waals surface area contributed by atoms with Gasteiger partial charge < -0.3 is 4.74 Å². The molecule has 0 aliphatic carbocycles. The average molecular weight is 126 g/mol. The van der Waals surface area contributed by atoms with Crippen LogP contribution in [0.5, 0.6) is 0 Å². The molecule has 48 valence electrons. The molecule has 0 atom stereocenters. The van der Waals surface area contributed by atoms with Crippen LogP contribution in [0.25, 0.3) is 0 Å². The second kappa shape index (κ2) is 4.81. The van der Waals surface area contributed by atoms with Crippen molar-refractivity contribution >= 4 is 11.9 Å². The molecule has 0 saturated carbocycles. The van der Waals surface area contributed by atoms with Crippen LogP contribution in [-0.2, 0) is 14.3 Å². The molecular formula is C6H6O3. The third-order valence-corrected chi connectivity index (χ3v) is 0.598. The lowest BCUT2D eigenvalue weighted by atomic mass is 10.5. The minimum Gasteiger partial charge on any atom is -0.466 e. The highest BCUT2D eigenvalue weighted by atomic mass is 16.5. The molecule has 0 N–H and O–H groups in total. The van der Waals surface area contributed by atoms with Gasteiger partial charge in [0, 0.05) is 12.2 Å². The summed E-state index contributed by atoms with van der Waals surface area (Å²) in [5.41, 5.74) is 0. The molecule has 0 heterocycles. The van der Waals surface area contributed by atoms with E-state index in [1.165, 1.54) is 19.1 Å². The third kappa shape index (κ3) is 4.51. The van der Waals surface area contributed by atoms with E-state index in [0.717, 1.165) is 12.2 Å². The Kier molecular flexibility index (Phi) is 4.09. The Balaban J connectivity index is 3.70. The lowest BCUT2D eigenvalue weighted by molar-refractivity contribution is -0.134. The van der Waals surface area contributed by atoms with E-state index in [1.807, 2.05) is 0 Å². The first kappa shape index (κ1) is 7.66. The van der Waals surface area contributed by atoms with Gasteiger partial charge in [-0.1, -0.05) is 0 Å². The largest absolute Gasteiger partial charge is 0.466 e. The molecule has 3 nitrogen and oxygen atoms in total. The van der Waals surface area contributed by atoms with Gasteiger partial charge in [-0.15, -0.1) is 0 Å². The van der Waals surface area contributed by atoms with Crippen molar-refractivity contribution < 1.29 is 14.3 Å². The second-order valence-electron chi connectivity index (χ2n) is 1.17. The Morgan fingerprint density at radius 2 is 2.33 bits per heavy atom. The van der Waals surface area contributed by atoms with Crippen LogP contribution < -0.4 is 0 Å². The first-order valence-electron chi connectivity index (χ1n) is 2.26. The minimum absolute atomic E-state index is 0.485. The highest BCUT2D eigenvalue weighted by Gasteiger charge is 1.85. The summed E-state index contributed by atoms with van der Waals surface area (Å²) in [4.78, 5) is 19.7.